The molecule has 0 saturated heterocycles. The molecule has 0 saturated carbocycles. The second-order valence-electron chi connectivity index (χ2n) is 6.30. The Bertz CT molecular complexity index is 291. The van der Waals surface area contributed by atoms with Gasteiger partial charge in [-0.15, -0.1) is 0 Å². The van der Waals surface area contributed by atoms with Gasteiger partial charge in [0.25, 0.3) is 0 Å². The molecule has 0 N–H and O–H groups in total. The summed E-state index contributed by atoms with van der Waals surface area (Å²) in [5, 5.41) is 1.66. The standard InChI is InChI=1S/C11H21Si2.Zr/c1-12(2,3)10-7-8-11(9-10)13(4,5)6;/h7-9H,1-6H3;. The van der Waals surface area contributed by atoms with Gasteiger partial charge in [0, 0.05) is 0 Å². The fraction of sp³-hybridized carbons (Fsp3) is 0.636. The molecule has 0 radical (unpaired) electrons. The zero-order valence-electron chi connectivity index (χ0n) is 10.2. The van der Waals surface area contributed by atoms with Gasteiger partial charge in [0.15, 0.2) is 0 Å². The van der Waals surface area contributed by atoms with Crippen molar-refractivity contribution in [1.29, 1.82) is 0 Å². The van der Waals surface area contributed by atoms with Crippen LogP contribution in [0.4, 0.5) is 0 Å². The van der Waals surface area contributed by atoms with Crippen LogP contribution >= 0.6 is 0 Å². The Morgan fingerprint density at radius 2 is 1.57 bits per heavy atom. The van der Waals surface area contributed by atoms with Crippen molar-refractivity contribution in [2.45, 2.75) is 42.0 Å². The van der Waals surface area contributed by atoms with E-state index in [-0.39, 0.29) is 0 Å². The molecule has 0 spiro atoms. The van der Waals surface area contributed by atoms with Crippen molar-refractivity contribution >= 4 is 16.1 Å². The Kier molecular flexibility index (Phi) is 3.38. The summed E-state index contributed by atoms with van der Waals surface area (Å²) >= 11 is 1.68. The van der Waals surface area contributed by atoms with Gasteiger partial charge < -0.3 is 0 Å². The van der Waals surface area contributed by atoms with Gasteiger partial charge in [0.1, 0.15) is 0 Å². The van der Waals surface area contributed by atoms with Gasteiger partial charge in [-0.3, -0.25) is 0 Å². The van der Waals surface area contributed by atoms with Crippen molar-refractivity contribution < 1.29 is 24.7 Å². The van der Waals surface area contributed by atoms with Crippen LogP contribution in [0, 0.1) is 0 Å². The first-order chi connectivity index (χ1) is 6.06. The number of hydrogen-bond donors (Lipinski definition) is 0. The molecule has 0 aromatic heterocycles. The molecule has 0 amide bonds. The zero-order chi connectivity index (χ0) is 11.2. The zero-order valence-corrected chi connectivity index (χ0v) is 14.7. The number of rotatable bonds is 2. The molecule has 0 aromatic carbocycles. The average molecular weight is 301 g/mol. The van der Waals surface area contributed by atoms with Crippen LogP contribution in [0.3, 0.4) is 0 Å². The second-order valence-corrected chi connectivity index (χ2v) is 20.0. The van der Waals surface area contributed by atoms with E-state index in [1.165, 1.54) is 0 Å². The number of allylic oxidation sites excluding steroid dienone is 4. The summed E-state index contributed by atoms with van der Waals surface area (Å²) in [7, 11) is -2.15. The summed E-state index contributed by atoms with van der Waals surface area (Å²) in [5.74, 6) is 0. The molecule has 1 aliphatic carbocycles. The predicted octanol–water partition coefficient (Wildman–Crippen LogP) is 3.94. The van der Waals surface area contributed by atoms with Gasteiger partial charge in [-0.05, 0) is 0 Å². The Labute approximate surface area is 106 Å². The monoisotopic (exact) mass is 299 g/mol. The topological polar surface area (TPSA) is 0 Å². The van der Waals surface area contributed by atoms with Crippen molar-refractivity contribution in [3.05, 3.63) is 23.4 Å². The van der Waals surface area contributed by atoms with E-state index in [4.69, 9.17) is 0 Å². The SMILES string of the molecule is C[Si](C)(C)C1=C[C]([Zr])([Si](C)(C)C)C=C1. The van der Waals surface area contributed by atoms with Crippen LogP contribution in [0.2, 0.25) is 42.0 Å². The van der Waals surface area contributed by atoms with Gasteiger partial charge in [0.05, 0.1) is 0 Å². The molecular weight excluding hydrogens is 280 g/mol. The molecule has 0 bridgehead atoms. The quantitative estimate of drug-likeness (QED) is 0.678. The fourth-order valence-electron chi connectivity index (χ4n) is 1.50. The molecule has 1 rings (SSSR count). The molecule has 1 unspecified atom stereocenters. The van der Waals surface area contributed by atoms with Gasteiger partial charge in [-0.25, -0.2) is 0 Å². The third-order valence-corrected chi connectivity index (χ3v) is 14.1. The molecule has 0 aliphatic heterocycles. The van der Waals surface area contributed by atoms with Crippen LogP contribution < -0.4 is 0 Å². The van der Waals surface area contributed by atoms with Crippen LogP contribution in [0.1, 0.15) is 0 Å². The fourth-order valence-corrected chi connectivity index (χ4v) is 5.00. The van der Waals surface area contributed by atoms with Crippen molar-refractivity contribution in [2.24, 2.45) is 0 Å². The van der Waals surface area contributed by atoms with Crippen molar-refractivity contribution in [1.82, 2.24) is 0 Å². The van der Waals surface area contributed by atoms with Crippen LogP contribution in [-0.2, 0) is 24.7 Å². The van der Waals surface area contributed by atoms with Crippen molar-refractivity contribution in [3.63, 3.8) is 0 Å². The number of hydrogen-bond acceptors (Lipinski definition) is 0. The molecule has 0 heterocycles. The summed E-state index contributed by atoms with van der Waals surface area (Å²) in [5.41, 5.74) is 0. The summed E-state index contributed by atoms with van der Waals surface area (Å²) in [6.45, 7) is 14.8. The van der Waals surface area contributed by atoms with Crippen LogP contribution in [0.25, 0.3) is 0 Å². The average Bonchev–Trinajstić information content (AvgIpc) is 2.29. The summed E-state index contributed by atoms with van der Waals surface area (Å²) in [6.07, 6.45) is 7.51. The van der Waals surface area contributed by atoms with Crippen molar-refractivity contribution in [2.75, 3.05) is 0 Å². The van der Waals surface area contributed by atoms with E-state index in [0.29, 0.717) is 2.75 Å². The third kappa shape index (κ3) is 2.48. The maximum absolute atomic E-state index is 2.60. The van der Waals surface area contributed by atoms with Gasteiger partial charge in [0.2, 0.25) is 0 Å². The molecule has 0 nitrogen and oxygen atoms in total. The first-order valence-electron chi connectivity index (χ1n) is 5.24. The van der Waals surface area contributed by atoms with Crippen LogP contribution in [0.5, 0.6) is 0 Å². The Morgan fingerprint density at radius 3 is 1.79 bits per heavy atom. The van der Waals surface area contributed by atoms with E-state index in [1.807, 2.05) is 0 Å². The first-order valence-corrected chi connectivity index (χ1v) is 13.5. The Morgan fingerprint density at radius 1 is 1.07 bits per heavy atom. The molecule has 0 fully saturated rings. The summed E-state index contributed by atoms with van der Waals surface area (Å²) < 4.78 is 0.481. The molecule has 1 atom stereocenters. The van der Waals surface area contributed by atoms with E-state index in [9.17, 15) is 0 Å². The molecule has 77 valence electrons. The van der Waals surface area contributed by atoms with Gasteiger partial charge in [-0.1, -0.05) is 0 Å². The maximum atomic E-state index is 2.60. The summed E-state index contributed by atoms with van der Waals surface area (Å²) in [4.78, 5) is 0. The first kappa shape index (κ1) is 12.9. The minimum atomic E-state index is -1.08. The Hall–Kier alpha value is 0.797. The van der Waals surface area contributed by atoms with E-state index in [1.54, 1.807) is 29.9 Å². The van der Waals surface area contributed by atoms with E-state index in [2.05, 4.69) is 57.5 Å². The molecule has 14 heavy (non-hydrogen) atoms. The van der Waals surface area contributed by atoms with Gasteiger partial charge >= 0.3 is 106 Å². The summed E-state index contributed by atoms with van der Waals surface area (Å²) in [6, 6.07) is 0. The molecular formula is C11H21Si2Zr. The normalized spacial score (nSPS) is 27.9. The minimum absolute atomic E-state index is 0.481. The predicted molar refractivity (Wildman–Crippen MR) is 66.6 cm³/mol. The van der Waals surface area contributed by atoms with Gasteiger partial charge in [-0.2, -0.15) is 0 Å². The van der Waals surface area contributed by atoms with Crippen LogP contribution in [-0.4, -0.2) is 16.1 Å². The van der Waals surface area contributed by atoms with E-state index < -0.39 is 16.1 Å². The van der Waals surface area contributed by atoms with E-state index in [0.717, 1.165) is 0 Å². The second kappa shape index (κ2) is 3.67. The third-order valence-electron chi connectivity index (χ3n) is 3.02. The molecule has 3 heteroatoms. The molecule has 0 aromatic rings. The Balaban J connectivity index is 3.04. The molecule has 1 aliphatic rings. The van der Waals surface area contributed by atoms with Crippen LogP contribution in [0.15, 0.2) is 23.4 Å². The van der Waals surface area contributed by atoms with Crippen molar-refractivity contribution in [3.8, 4) is 0 Å². The van der Waals surface area contributed by atoms with E-state index >= 15 is 0 Å².